The molecule has 2 aliphatic rings. The molecule has 0 spiro atoms. The predicted molar refractivity (Wildman–Crippen MR) is 119 cm³/mol. The first-order chi connectivity index (χ1) is 15.7. The number of carboxylic acids is 1. The van der Waals surface area contributed by atoms with Gasteiger partial charge in [0.1, 0.15) is 22.8 Å². The molecule has 2 atom stereocenters. The van der Waals surface area contributed by atoms with Crippen LogP contribution in [0, 0.1) is 0 Å². The van der Waals surface area contributed by atoms with Gasteiger partial charge < -0.3 is 21.0 Å². The quantitative estimate of drug-likeness (QED) is 0.0993. The highest BCUT2D eigenvalue weighted by atomic mass is 32.3. The van der Waals surface area contributed by atoms with Crippen LogP contribution in [-0.4, -0.2) is 79.1 Å². The van der Waals surface area contributed by atoms with E-state index in [1.54, 1.807) is 0 Å². The number of aromatic nitrogens is 1. The summed E-state index contributed by atoms with van der Waals surface area (Å²) in [4.78, 5) is 57.4. The average molecular weight is 536 g/mol. The second-order valence-electron chi connectivity index (χ2n) is 6.29. The number of oxime groups is 1. The van der Waals surface area contributed by atoms with Gasteiger partial charge >= 0.3 is 22.3 Å². The van der Waals surface area contributed by atoms with E-state index in [9.17, 15) is 24.3 Å². The van der Waals surface area contributed by atoms with Crippen LogP contribution in [0.15, 0.2) is 34.5 Å². The van der Waals surface area contributed by atoms with E-state index in [0.29, 0.717) is 11.3 Å². The van der Waals surface area contributed by atoms with Crippen molar-refractivity contribution in [3.8, 4) is 0 Å². The number of rotatable bonds is 6. The fourth-order valence-corrected chi connectivity index (χ4v) is 4.61. The largest absolute Gasteiger partial charge is 0.477 e. The third-order valence-electron chi connectivity index (χ3n) is 3.98. The fourth-order valence-electron chi connectivity index (χ4n) is 2.72. The highest BCUT2D eigenvalue weighted by Gasteiger charge is 2.54. The first-order valence-electron chi connectivity index (χ1n) is 8.75. The van der Waals surface area contributed by atoms with E-state index in [1.807, 2.05) is 0 Å². The summed E-state index contributed by atoms with van der Waals surface area (Å²) < 4.78 is 31.6. The van der Waals surface area contributed by atoms with Crippen LogP contribution in [0.5, 0.6) is 0 Å². The van der Waals surface area contributed by atoms with Crippen LogP contribution in [0.1, 0.15) is 12.6 Å². The van der Waals surface area contributed by atoms with Crippen LogP contribution in [-0.2, 0) is 34.4 Å². The van der Waals surface area contributed by atoms with Crippen LogP contribution >= 0.6 is 23.1 Å². The summed E-state index contributed by atoms with van der Waals surface area (Å²) in [7, 11) is -4.67. The Morgan fingerprint density at radius 3 is 2.50 bits per heavy atom. The van der Waals surface area contributed by atoms with Crippen molar-refractivity contribution in [2.24, 2.45) is 5.16 Å². The minimum atomic E-state index is -4.67. The van der Waals surface area contributed by atoms with Crippen LogP contribution < -0.4 is 11.1 Å². The molecule has 2 aliphatic heterocycles. The van der Waals surface area contributed by atoms with Gasteiger partial charge in [-0.3, -0.25) is 23.6 Å². The number of nitrogens with one attached hydrogen (secondary N) is 1. The molecular weight excluding hydrogens is 518 g/mol. The zero-order valence-corrected chi connectivity index (χ0v) is 19.5. The number of hydrogen-bond acceptors (Lipinski definition) is 12. The number of allylic oxidation sites excluding steroid dienone is 1. The van der Waals surface area contributed by atoms with Gasteiger partial charge in [0.2, 0.25) is 0 Å². The Hall–Kier alpha value is -3.32. The maximum Gasteiger partial charge on any atom is 0.394 e. The molecule has 0 bridgehead atoms. The van der Waals surface area contributed by atoms with E-state index in [1.165, 1.54) is 23.2 Å². The van der Waals surface area contributed by atoms with Crippen molar-refractivity contribution in [1.29, 1.82) is 0 Å². The van der Waals surface area contributed by atoms with E-state index in [0.717, 1.165) is 23.2 Å². The summed E-state index contributed by atoms with van der Waals surface area (Å²) in [6, 6.07) is -0.980. The molecule has 1 unspecified atom stereocenters. The molecule has 0 radical (unpaired) electrons. The maximum absolute atomic E-state index is 12.7. The molecule has 34 heavy (non-hydrogen) atoms. The number of thioether (sulfide) groups is 1. The van der Waals surface area contributed by atoms with E-state index < -0.39 is 45.6 Å². The molecule has 18 heteroatoms. The minimum absolute atomic E-state index is 0.0752. The Morgan fingerprint density at radius 1 is 1.41 bits per heavy atom. The SMILES string of the molecule is C=CC1=C(C(=O)O)N2C(=O)C(NC(=O)C(=NOC(C)=O)c3csc(N)n3)[C@H]2SC1.O=S(=O)(O)O. The van der Waals surface area contributed by atoms with Crippen LogP contribution in [0.3, 0.4) is 0 Å². The number of carbonyl (C=O) groups is 4. The second-order valence-corrected chi connectivity index (χ2v) is 9.18. The normalized spacial score (nSPS) is 19.8. The fraction of sp³-hybridized carbons (Fsp3) is 0.250. The van der Waals surface area contributed by atoms with Gasteiger partial charge in [-0.25, -0.2) is 14.6 Å². The Balaban J connectivity index is 0.000000739. The molecule has 3 heterocycles. The number of thiazole rings is 1. The van der Waals surface area contributed by atoms with Crippen molar-refractivity contribution in [2.75, 3.05) is 11.5 Å². The standard InChI is InChI=1S/C16H15N5O6S2.H2O4S/c1-3-7-4-28-14-10(13(24)21(14)11(7)15(25)26)19-12(23)9(20-27-6(2)22)8-5-29-16(17)18-8;1-5(2,3)4/h3,5,10,14H,1,4H2,2H3,(H2,17,18)(H,19,23)(H,25,26);(H2,1,2,3,4)/t10?,14-;/m1./s1. The number of nitrogens with two attached hydrogens (primary N) is 1. The van der Waals surface area contributed by atoms with Crippen molar-refractivity contribution in [1.82, 2.24) is 15.2 Å². The molecule has 1 fully saturated rings. The molecule has 6 N–H and O–H groups in total. The Bertz CT molecular complexity index is 1200. The number of hydrogen-bond donors (Lipinski definition) is 5. The van der Waals surface area contributed by atoms with Crippen molar-refractivity contribution >= 4 is 68.1 Å². The van der Waals surface area contributed by atoms with Gasteiger partial charge in [0.15, 0.2) is 10.8 Å². The molecule has 15 nitrogen and oxygen atoms in total. The van der Waals surface area contributed by atoms with E-state index >= 15 is 0 Å². The van der Waals surface area contributed by atoms with Crippen molar-refractivity contribution < 1.29 is 46.6 Å². The molecule has 0 aromatic carbocycles. The lowest BCUT2D eigenvalue weighted by molar-refractivity contribution is -0.150. The summed E-state index contributed by atoms with van der Waals surface area (Å²) in [5.74, 6) is -3.08. The molecule has 0 saturated carbocycles. The number of carboxylic acid groups (broad SMARTS) is 1. The molecule has 1 aromatic heterocycles. The second kappa shape index (κ2) is 10.7. The molecule has 3 rings (SSSR count). The number of carbonyl (C=O) groups excluding carboxylic acids is 3. The third-order valence-corrected chi connectivity index (χ3v) is 5.95. The van der Waals surface area contributed by atoms with Crippen LogP contribution in [0.4, 0.5) is 5.13 Å². The Labute approximate surface area is 199 Å². The van der Waals surface area contributed by atoms with Crippen molar-refractivity contribution in [3.05, 3.63) is 35.0 Å². The highest BCUT2D eigenvalue weighted by Crippen LogP contribution is 2.40. The molecule has 184 valence electrons. The lowest BCUT2D eigenvalue weighted by Crippen LogP contribution is -2.71. The van der Waals surface area contributed by atoms with Gasteiger partial charge in [-0.05, 0) is 5.57 Å². The number of amides is 2. The number of nitrogens with zero attached hydrogens (tertiary/aromatic N) is 3. The summed E-state index contributed by atoms with van der Waals surface area (Å²) in [5.41, 5.74) is 5.58. The third kappa shape index (κ3) is 6.60. The Morgan fingerprint density at radius 2 is 2.03 bits per heavy atom. The number of fused-ring (bicyclic) bond motifs is 1. The number of β-lactam (4-membered cyclic amide) rings is 1. The maximum atomic E-state index is 12.7. The van der Waals surface area contributed by atoms with Gasteiger partial charge in [-0.1, -0.05) is 17.8 Å². The molecule has 0 aliphatic carbocycles. The first kappa shape index (κ1) is 26.9. The molecule has 1 saturated heterocycles. The van der Waals surface area contributed by atoms with E-state index in [4.69, 9.17) is 23.3 Å². The Kier molecular flexibility index (Phi) is 8.51. The smallest absolute Gasteiger partial charge is 0.394 e. The van der Waals surface area contributed by atoms with Crippen LogP contribution in [0.2, 0.25) is 0 Å². The van der Waals surface area contributed by atoms with Crippen molar-refractivity contribution in [2.45, 2.75) is 18.3 Å². The van der Waals surface area contributed by atoms with Crippen molar-refractivity contribution in [3.63, 3.8) is 0 Å². The number of nitrogen functional groups attached to an aromatic ring is 1. The van der Waals surface area contributed by atoms with Gasteiger partial charge in [0.05, 0.1) is 0 Å². The minimum Gasteiger partial charge on any atom is -0.477 e. The lowest BCUT2D eigenvalue weighted by atomic mass is 10.0. The topological polar surface area (TPSA) is 239 Å². The van der Waals surface area contributed by atoms with Gasteiger partial charge in [0.25, 0.3) is 11.8 Å². The zero-order chi connectivity index (χ0) is 25.8. The summed E-state index contributed by atoms with van der Waals surface area (Å²) >= 11 is 2.34. The molecule has 2 amide bonds. The van der Waals surface area contributed by atoms with Gasteiger partial charge in [-0.15, -0.1) is 23.1 Å². The summed E-state index contributed by atoms with van der Waals surface area (Å²) in [6.07, 6.45) is 1.39. The van der Waals surface area contributed by atoms with E-state index in [2.05, 4.69) is 26.9 Å². The highest BCUT2D eigenvalue weighted by molar-refractivity contribution is 8.00. The van der Waals surface area contributed by atoms with Gasteiger partial charge in [0, 0.05) is 18.1 Å². The predicted octanol–water partition coefficient (Wildman–Crippen LogP) is -0.736. The number of aliphatic carboxylic acids is 1. The number of anilines is 1. The summed E-state index contributed by atoms with van der Waals surface area (Å²) in [6.45, 7) is 4.68. The lowest BCUT2D eigenvalue weighted by Gasteiger charge is -2.49. The van der Waals surface area contributed by atoms with Crippen LogP contribution in [0.25, 0.3) is 0 Å². The zero-order valence-electron chi connectivity index (χ0n) is 17.1. The summed E-state index contributed by atoms with van der Waals surface area (Å²) in [5, 5.41) is 16.5. The monoisotopic (exact) mass is 535 g/mol. The average Bonchev–Trinajstić information content (AvgIpc) is 3.15. The van der Waals surface area contributed by atoms with Gasteiger partial charge in [-0.2, -0.15) is 8.42 Å². The first-order valence-corrected chi connectivity index (χ1v) is 12.1. The molecule has 1 aromatic rings. The molecular formula is C16H17N5O10S3. The van der Waals surface area contributed by atoms with E-state index in [-0.39, 0.29) is 22.2 Å².